The van der Waals surface area contributed by atoms with E-state index in [1.165, 1.54) is 31.4 Å². The number of aromatic hydroxyl groups is 1. The molecule has 1 aliphatic rings. The number of carbonyl (C=O) groups is 1. The van der Waals surface area contributed by atoms with Crippen LogP contribution in [0.1, 0.15) is 42.5 Å². The highest BCUT2D eigenvalue weighted by atomic mass is 35.5. The molecule has 0 aliphatic heterocycles. The van der Waals surface area contributed by atoms with Gasteiger partial charge in [-0.1, -0.05) is 30.9 Å². The number of nitrogens with one attached hydrogen (secondary N) is 1. The first-order chi connectivity index (χ1) is 9.66. The molecule has 1 aromatic carbocycles. The van der Waals surface area contributed by atoms with E-state index in [9.17, 15) is 9.90 Å². The first-order valence-electron chi connectivity index (χ1n) is 7.05. The van der Waals surface area contributed by atoms with Crippen molar-refractivity contribution in [3.63, 3.8) is 0 Å². The zero-order valence-electron chi connectivity index (χ0n) is 11.4. The summed E-state index contributed by atoms with van der Waals surface area (Å²) >= 11 is 5.77. The van der Waals surface area contributed by atoms with Crippen LogP contribution in [0.15, 0.2) is 18.2 Å². The van der Waals surface area contributed by atoms with Crippen LogP contribution < -0.4 is 5.32 Å². The fraction of sp³-hybridized carbons (Fsp3) is 0.533. The monoisotopic (exact) mass is 297 g/mol. The Morgan fingerprint density at radius 1 is 1.35 bits per heavy atom. The number of hydrogen-bond acceptors (Lipinski definition) is 3. The lowest BCUT2D eigenvalue weighted by Gasteiger charge is -2.22. The van der Waals surface area contributed by atoms with Gasteiger partial charge in [-0.3, -0.25) is 4.79 Å². The van der Waals surface area contributed by atoms with E-state index in [0.717, 1.165) is 12.8 Å². The molecule has 0 aromatic heterocycles. The minimum Gasteiger partial charge on any atom is -0.506 e. The van der Waals surface area contributed by atoms with E-state index in [1.54, 1.807) is 6.07 Å². The Hall–Kier alpha value is -1.26. The van der Waals surface area contributed by atoms with E-state index >= 15 is 0 Å². The highest BCUT2D eigenvalue weighted by Gasteiger charge is 2.13. The molecule has 0 saturated heterocycles. The summed E-state index contributed by atoms with van der Waals surface area (Å²) in [5, 5.41) is 12.3. The van der Waals surface area contributed by atoms with Crippen LogP contribution in [-0.4, -0.2) is 30.3 Å². The van der Waals surface area contributed by atoms with Crippen LogP contribution >= 0.6 is 11.6 Å². The van der Waals surface area contributed by atoms with Gasteiger partial charge in [-0.2, -0.15) is 0 Å². The molecule has 1 fully saturated rings. The summed E-state index contributed by atoms with van der Waals surface area (Å²) in [5.74, 6) is -0.233. The van der Waals surface area contributed by atoms with E-state index in [1.807, 2.05) is 0 Å². The van der Waals surface area contributed by atoms with Gasteiger partial charge in [-0.25, -0.2) is 0 Å². The second-order valence-corrected chi connectivity index (χ2v) is 5.46. The number of amides is 1. The third-order valence-corrected chi connectivity index (χ3v) is 3.81. The second kappa shape index (κ2) is 7.50. The molecule has 0 heterocycles. The molecule has 20 heavy (non-hydrogen) atoms. The quantitative estimate of drug-likeness (QED) is 0.821. The van der Waals surface area contributed by atoms with Gasteiger partial charge in [-0.15, -0.1) is 0 Å². The summed E-state index contributed by atoms with van der Waals surface area (Å²) in [4.78, 5) is 11.9. The Morgan fingerprint density at radius 2 is 2.10 bits per heavy atom. The van der Waals surface area contributed by atoms with Gasteiger partial charge in [0, 0.05) is 12.1 Å². The lowest BCUT2D eigenvalue weighted by Crippen LogP contribution is -2.29. The molecular formula is C15H20ClNO3. The van der Waals surface area contributed by atoms with Gasteiger partial charge in [-0.05, 0) is 31.0 Å². The second-order valence-electron chi connectivity index (χ2n) is 5.05. The van der Waals surface area contributed by atoms with Crippen molar-refractivity contribution < 1.29 is 14.6 Å². The van der Waals surface area contributed by atoms with E-state index in [-0.39, 0.29) is 16.7 Å². The van der Waals surface area contributed by atoms with Crippen molar-refractivity contribution in [1.29, 1.82) is 0 Å². The van der Waals surface area contributed by atoms with Crippen LogP contribution in [0.3, 0.4) is 0 Å². The highest BCUT2D eigenvalue weighted by molar-refractivity contribution is 6.32. The van der Waals surface area contributed by atoms with Crippen molar-refractivity contribution in [3.05, 3.63) is 28.8 Å². The Labute approximate surface area is 124 Å². The molecule has 0 unspecified atom stereocenters. The van der Waals surface area contributed by atoms with Crippen molar-refractivity contribution in [2.75, 3.05) is 13.2 Å². The van der Waals surface area contributed by atoms with Crippen LogP contribution in [0.5, 0.6) is 5.75 Å². The molecule has 0 radical (unpaired) electrons. The predicted molar refractivity (Wildman–Crippen MR) is 78.3 cm³/mol. The van der Waals surface area contributed by atoms with E-state index in [2.05, 4.69) is 5.32 Å². The molecule has 110 valence electrons. The van der Waals surface area contributed by atoms with Crippen molar-refractivity contribution in [2.45, 2.75) is 38.2 Å². The average Bonchev–Trinajstić information content (AvgIpc) is 2.47. The molecular weight excluding hydrogens is 278 g/mol. The molecule has 2 rings (SSSR count). The summed E-state index contributed by atoms with van der Waals surface area (Å²) in [5.41, 5.74) is 0.436. The van der Waals surface area contributed by atoms with Crippen LogP contribution in [0.4, 0.5) is 0 Å². The Balaban J connectivity index is 1.70. The Bertz CT molecular complexity index is 458. The number of rotatable bonds is 5. The first kappa shape index (κ1) is 15.1. The minimum atomic E-state index is -0.209. The zero-order valence-corrected chi connectivity index (χ0v) is 12.2. The molecule has 0 spiro atoms. The van der Waals surface area contributed by atoms with E-state index in [4.69, 9.17) is 16.3 Å². The van der Waals surface area contributed by atoms with Crippen LogP contribution in [0.25, 0.3) is 0 Å². The maximum absolute atomic E-state index is 11.9. The molecule has 5 heteroatoms. The smallest absolute Gasteiger partial charge is 0.251 e. The van der Waals surface area contributed by atoms with Crippen molar-refractivity contribution in [3.8, 4) is 5.75 Å². The fourth-order valence-corrected chi connectivity index (χ4v) is 2.55. The number of ether oxygens (including phenoxy) is 1. The van der Waals surface area contributed by atoms with Crippen molar-refractivity contribution >= 4 is 17.5 Å². The van der Waals surface area contributed by atoms with Crippen LogP contribution in [0, 0.1) is 0 Å². The third-order valence-electron chi connectivity index (χ3n) is 3.50. The molecule has 4 nitrogen and oxygen atoms in total. The number of hydrogen-bond donors (Lipinski definition) is 2. The number of phenolic OH excluding ortho intramolecular Hbond substituents is 1. The topological polar surface area (TPSA) is 58.6 Å². The number of phenols is 1. The van der Waals surface area contributed by atoms with Gasteiger partial charge in [0.2, 0.25) is 0 Å². The standard InChI is InChI=1S/C15H20ClNO3/c16-13-10-11(6-7-14(13)18)15(19)17-8-9-20-12-4-2-1-3-5-12/h6-7,10,12,18H,1-5,8-9H2,(H,17,19). The molecule has 1 aromatic rings. The number of halogens is 1. The predicted octanol–water partition coefficient (Wildman–Crippen LogP) is 3.12. The van der Waals surface area contributed by atoms with E-state index in [0.29, 0.717) is 24.8 Å². The van der Waals surface area contributed by atoms with Gasteiger partial charge in [0.25, 0.3) is 5.91 Å². The van der Waals surface area contributed by atoms with Gasteiger partial charge >= 0.3 is 0 Å². The maximum Gasteiger partial charge on any atom is 0.251 e. The largest absolute Gasteiger partial charge is 0.506 e. The normalized spacial score (nSPS) is 16.1. The maximum atomic E-state index is 11.9. The first-order valence-corrected chi connectivity index (χ1v) is 7.43. The summed E-state index contributed by atoms with van der Waals surface area (Å²) in [6.45, 7) is 1.01. The molecule has 2 N–H and O–H groups in total. The average molecular weight is 298 g/mol. The number of benzene rings is 1. The highest BCUT2D eigenvalue weighted by Crippen LogP contribution is 2.23. The Morgan fingerprint density at radius 3 is 2.80 bits per heavy atom. The van der Waals surface area contributed by atoms with E-state index < -0.39 is 0 Å². The van der Waals surface area contributed by atoms with Gasteiger partial charge in [0.05, 0.1) is 17.7 Å². The third kappa shape index (κ3) is 4.39. The van der Waals surface area contributed by atoms with Crippen LogP contribution in [0.2, 0.25) is 5.02 Å². The molecule has 0 atom stereocenters. The summed E-state index contributed by atoms with van der Waals surface area (Å²) < 4.78 is 5.73. The van der Waals surface area contributed by atoms with Gasteiger partial charge in [0.15, 0.2) is 0 Å². The van der Waals surface area contributed by atoms with Crippen LogP contribution in [-0.2, 0) is 4.74 Å². The number of carbonyl (C=O) groups excluding carboxylic acids is 1. The molecule has 0 bridgehead atoms. The summed E-state index contributed by atoms with van der Waals surface area (Å²) in [6.07, 6.45) is 6.39. The summed E-state index contributed by atoms with van der Waals surface area (Å²) in [6, 6.07) is 4.41. The summed E-state index contributed by atoms with van der Waals surface area (Å²) in [7, 11) is 0. The van der Waals surface area contributed by atoms with Gasteiger partial charge < -0.3 is 15.2 Å². The molecule has 1 amide bonds. The molecule has 1 saturated carbocycles. The lowest BCUT2D eigenvalue weighted by molar-refractivity contribution is 0.0299. The van der Waals surface area contributed by atoms with Crippen molar-refractivity contribution in [2.24, 2.45) is 0 Å². The lowest BCUT2D eigenvalue weighted by atomic mass is 9.98. The van der Waals surface area contributed by atoms with Gasteiger partial charge in [0.1, 0.15) is 5.75 Å². The van der Waals surface area contributed by atoms with Crippen molar-refractivity contribution in [1.82, 2.24) is 5.32 Å². The Kier molecular flexibility index (Phi) is 5.68. The zero-order chi connectivity index (χ0) is 14.4. The SMILES string of the molecule is O=C(NCCOC1CCCCC1)c1ccc(O)c(Cl)c1. The fourth-order valence-electron chi connectivity index (χ4n) is 2.37. The minimum absolute atomic E-state index is 0.0242. The molecule has 1 aliphatic carbocycles.